The molecule has 0 heterocycles. The summed E-state index contributed by atoms with van der Waals surface area (Å²) in [7, 11) is 0. The van der Waals surface area contributed by atoms with Gasteiger partial charge in [0.2, 0.25) is 5.91 Å². The van der Waals surface area contributed by atoms with Crippen LogP contribution in [-0.2, 0) is 10.2 Å². The zero-order chi connectivity index (χ0) is 21.8. The number of nitrogens with one attached hydrogen (secondary N) is 1. The van der Waals surface area contributed by atoms with Gasteiger partial charge in [0.15, 0.2) is 6.19 Å². The van der Waals surface area contributed by atoms with E-state index in [1.807, 2.05) is 0 Å². The second-order valence-electron chi connectivity index (χ2n) is 10.2. The lowest BCUT2D eigenvalue weighted by molar-refractivity contribution is -0.144. The fourth-order valence-corrected chi connectivity index (χ4v) is 7.83. The molecule has 164 valence electrons. The van der Waals surface area contributed by atoms with Crippen LogP contribution in [0, 0.1) is 40.4 Å². The third kappa shape index (κ3) is 3.24. The van der Waals surface area contributed by atoms with Gasteiger partial charge < -0.3 is 5.73 Å². The number of carbonyl (C=O) groups is 1. The summed E-state index contributed by atoms with van der Waals surface area (Å²) in [4.78, 5) is 17.5. The Morgan fingerprint density at radius 3 is 2.48 bits per heavy atom. The predicted molar refractivity (Wildman–Crippen MR) is 117 cm³/mol. The lowest BCUT2D eigenvalue weighted by atomic mass is 9.47. The van der Waals surface area contributed by atoms with Crippen LogP contribution in [-0.4, -0.2) is 17.8 Å². The largest absolute Gasteiger partial charge is 0.369 e. The predicted octanol–water partition coefficient (Wildman–Crippen LogP) is 4.44. The van der Waals surface area contributed by atoms with Gasteiger partial charge in [-0.2, -0.15) is 5.26 Å². The van der Waals surface area contributed by atoms with E-state index in [0.717, 1.165) is 63.4 Å². The maximum absolute atomic E-state index is 13.8. The fourth-order valence-electron chi connectivity index (χ4n) is 7.48. The minimum Gasteiger partial charge on any atom is -0.369 e. The number of hydrogen-bond acceptors (Lipinski definition) is 3. The molecule has 0 spiro atoms. The highest BCUT2D eigenvalue weighted by atomic mass is 35.5. The van der Waals surface area contributed by atoms with Gasteiger partial charge in [0.1, 0.15) is 11.7 Å². The molecule has 5 nitrogen and oxygen atoms in total. The number of nitriles is 1. The molecule has 1 aromatic carbocycles. The number of hydrogen-bond donors (Lipinski definition) is 2. The van der Waals surface area contributed by atoms with E-state index in [0.29, 0.717) is 28.6 Å². The number of aliphatic imine (C=N–C) groups is 1. The van der Waals surface area contributed by atoms with Gasteiger partial charge in [-0.3, -0.25) is 15.1 Å². The number of halogens is 2. The molecule has 1 amide bonds. The molecule has 4 bridgehead atoms. The Morgan fingerprint density at radius 1 is 1.23 bits per heavy atom. The van der Waals surface area contributed by atoms with E-state index in [1.165, 1.54) is 12.1 Å². The highest BCUT2D eigenvalue weighted by Gasteiger charge is 2.58. The number of amidine groups is 1. The zero-order valence-electron chi connectivity index (χ0n) is 17.5. The van der Waals surface area contributed by atoms with Gasteiger partial charge in [-0.1, -0.05) is 30.5 Å². The van der Waals surface area contributed by atoms with E-state index < -0.39 is 5.41 Å². The van der Waals surface area contributed by atoms with Crippen molar-refractivity contribution in [2.45, 2.75) is 69.2 Å². The first-order valence-electron chi connectivity index (χ1n) is 11.4. The molecule has 2 unspecified atom stereocenters. The van der Waals surface area contributed by atoms with Crippen molar-refractivity contribution in [3.63, 3.8) is 0 Å². The molecule has 1 aromatic rings. The number of carbonyl (C=O) groups excluding carboxylic acids is 1. The topological polar surface area (TPSA) is 91.3 Å². The molecule has 5 fully saturated rings. The molecule has 0 aromatic heterocycles. The van der Waals surface area contributed by atoms with E-state index in [1.54, 1.807) is 6.07 Å². The van der Waals surface area contributed by atoms with Gasteiger partial charge in [0, 0.05) is 10.4 Å². The minimum absolute atomic E-state index is 0.0802. The number of nitrogens with two attached hydrogens (primary N) is 1. The average Bonchev–Trinajstić information content (AvgIpc) is 3.20. The summed E-state index contributed by atoms with van der Waals surface area (Å²) in [6.07, 6.45) is 10.4. The molecule has 6 rings (SSSR count). The van der Waals surface area contributed by atoms with Gasteiger partial charge >= 0.3 is 0 Å². The summed E-state index contributed by atoms with van der Waals surface area (Å²) in [6, 6.07) is 4.61. The normalized spacial score (nSPS) is 35.7. The molecule has 2 atom stereocenters. The Kier molecular flexibility index (Phi) is 5.01. The van der Waals surface area contributed by atoms with Crippen molar-refractivity contribution >= 4 is 23.3 Å². The highest BCUT2D eigenvalue weighted by molar-refractivity contribution is 6.31. The third-order valence-corrected chi connectivity index (χ3v) is 8.87. The van der Waals surface area contributed by atoms with Gasteiger partial charge in [-0.15, -0.1) is 0 Å². The van der Waals surface area contributed by atoms with Crippen LogP contribution in [0.1, 0.15) is 63.4 Å². The van der Waals surface area contributed by atoms with Crippen LogP contribution in [0.4, 0.5) is 4.39 Å². The molecule has 0 aliphatic heterocycles. The highest BCUT2D eigenvalue weighted by Crippen LogP contribution is 2.61. The van der Waals surface area contributed by atoms with Crippen LogP contribution in [0.3, 0.4) is 0 Å². The molecule has 5 aliphatic carbocycles. The first-order valence-corrected chi connectivity index (χ1v) is 11.7. The smallest absolute Gasteiger partial charge is 0.223 e. The zero-order valence-corrected chi connectivity index (χ0v) is 18.3. The summed E-state index contributed by atoms with van der Waals surface area (Å²) in [6.45, 7) is 0. The van der Waals surface area contributed by atoms with Crippen LogP contribution in [0.25, 0.3) is 0 Å². The third-order valence-electron chi connectivity index (χ3n) is 8.56. The van der Waals surface area contributed by atoms with Crippen LogP contribution in [0.2, 0.25) is 5.02 Å². The molecule has 7 heteroatoms. The summed E-state index contributed by atoms with van der Waals surface area (Å²) in [5.41, 5.74) is 5.81. The quantitative estimate of drug-likeness (QED) is 0.312. The Labute approximate surface area is 187 Å². The van der Waals surface area contributed by atoms with Crippen molar-refractivity contribution in [3.05, 3.63) is 34.6 Å². The fraction of sp³-hybridized carbons (Fsp3) is 0.625. The summed E-state index contributed by atoms with van der Waals surface area (Å²) in [5, 5.41) is 12.9. The standard InChI is InChI=1S/C24H28ClFN4O/c25-19-9-17(26)3-4-18(19)24(5-1-2-6-24)22(29-13-27)30-20-15-7-14-8-16(20)12-23(10-14,11-15)21(28)31/h3-4,9,14-16,20H,1-2,5-8,10-12H2,(H2,28,31)(H,29,30). The van der Waals surface area contributed by atoms with Crippen molar-refractivity contribution in [2.24, 2.45) is 33.9 Å². The Bertz CT molecular complexity index is 964. The van der Waals surface area contributed by atoms with Crippen molar-refractivity contribution in [3.8, 4) is 6.19 Å². The van der Waals surface area contributed by atoms with Gasteiger partial charge in [-0.05, 0) is 80.4 Å². The SMILES string of the molecule is N#CNC(=NC1C2CC3CC1CC(C(N)=O)(C3)C2)C1(c2ccc(F)cc2Cl)CCCC1. The van der Waals surface area contributed by atoms with Crippen molar-refractivity contribution in [1.82, 2.24) is 5.32 Å². The maximum atomic E-state index is 13.8. The lowest BCUT2D eigenvalue weighted by Gasteiger charge is -2.58. The monoisotopic (exact) mass is 442 g/mol. The molecule has 31 heavy (non-hydrogen) atoms. The van der Waals surface area contributed by atoms with E-state index in [9.17, 15) is 14.4 Å². The number of primary amides is 1. The molecule has 5 saturated carbocycles. The van der Waals surface area contributed by atoms with Gasteiger partial charge in [-0.25, -0.2) is 4.39 Å². The van der Waals surface area contributed by atoms with Crippen molar-refractivity contribution < 1.29 is 9.18 Å². The Balaban J connectivity index is 1.55. The first-order chi connectivity index (χ1) is 14.9. The second-order valence-corrected chi connectivity index (χ2v) is 10.6. The van der Waals surface area contributed by atoms with Crippen LogP contribution in [0.15, 0.2) is 23.2 Å². The van der Waals surface area contributed by atoms with E-state index in [-0.39, 0.29) is 23.2 Å². The van der Waals surface area contributed by atoms with E-state index >= 15 is 0 Å². The van der Waals surface area contributed by atoms with Gasteiger partial charge in [0.05, 0.1) is 11.5 Å². The van der Waals surface area contributed by atoms with E-state index in [4.69, 9.17) is 22.3 Å². The second kappa shape index (κ2) is 7.48. The van der Waals surface area contributed by atoms with Crippen LogP contribution < -0.4 is 11.1 Å². The number of rotatable bonds is 4. The van der Waals surface area contributed by atoms with Crippen molar-refractivity contribution in [1.29, 1.82) is 5.26 Å². The lowest BCUT2D eigenvalue weighted by Crippen LogP contribution is -2.58. The Hall–Kier alpha value is -2.13. The Morgan fingerprint density at radius 2 is 1.90 bits per heavy atom. The molecular formula is C24H28ClFN4O. The summed E-state index contributed by atoms with van der Waals surface area (Å²) < 4.78 is 13.8. The van der Waals surface area contributed by atoms with Crippen molar-refractivity contribution in [2.75, 3.05) is 0 Å². The number of amides is 1. The van der Waals surface area contributed by atoms with Gasteiger partial charge in [0.25, 0.3) is 0 Å². The first kappa shape index (κ1) is 20.8. The molecule has 0 radical (unpaired) electrons. The van der Waals surface area contributed by atoms with Crippen LogP contribution >= 0.6 is 11.6 Å². The molecule has 0 saturated heterocycles. The maximum Gasteiger partial charge on any atom is 0.223 e. The van der Waals surface area contributed by atoms with E-state index in [2.05, 4.69) is 11.5 Å². The minimum atomic E-state index is -0.503. The molecule has 5 aliphatic rings. The molecular weight excluding hydrogens is 415 g/mol. The average molecular weight is 443 g/mol. The summed E-state index contributed by atoms with van der Waals surface area (Å²) >= 11 is 6.50. The number of benzene rings is 1. The molecule has 3 N–H and O–H groups in total. The summed E-state index contributed by atoms with van der Waals surface area (Å²) in [5.74, 6) is 1.32. The van der Waals surface area contributed by atoms with Crippen LogP contribution in [0.5, 0.6) is 0 Å². The number of nitrogens with zero attached hydrogens (tertiary/aromatic N) is 2.